The van der Waals surface area contributed by atoms with E-state index < -0.39 is 58.6 Å². The molecule has 0 radical (unpaired) electrons. The van der Waals surface area contributed by atoms with Gasteiger partial charge in [-0.25, -0.2) is 9.59 Å². The lowest BCUT2D eigenvalue weighted by molar-refractivity contribution is -0.258. The first kappa shape index (κ1) is 32.0. The maximum absolute atomic E-state index is 13.6. The lowest BCUT2D eigenvalue weighted by atomic mass is 9.39. The normalized spacial score (nSPS) is 43.8. The van der Waals surface area contributed by atoms with Gasteiger partial charge in [0.25, 0.3) is 0 Å². The van der Waals surface area contributed by atoms with Crippen molar-refractivity contribution < 1.29 is 47.6 Å². The Hall–Kier alpha value is -2.98. The predicted molar refractivity (Wildman–Crippen MR) is 160 cm³/mol. The molecule has 10 heteroatoms. The van der Waals surface area contributed by atoms with Gasteiger partial charge in [0.05, 0.1) is 18.8 Å². The predicted octanol–water partition coefficient (Wildman–Crippen LogP) is 4.40. The fourth-order valence-electron chi connectivity index (χ4n) is 10.4. The van der Waals surface area contributed by atoms with E-state index in [0.717, 1.165) is 11.1 Å². The molecule has 3 aliphatic heterocycles. The number of hydrogen-bond acceptors (Lipinski definition) is 10. The third-order valence-corrected chi connectivity index (χ3v) is 12.3. The highest BCUT2D eigenvalue weighted by Crippen LogP contribution is 2.72. The Morgan fingerprint density at radius 2 is 1.67 bits per heavy atom. The van der Waals surface area contributed by atoms with Gasteiger partial charge in [-0.1, -0.05) is 32.4 Å². The largest absolute Gasteiger partial charge is 0.462 e. The van der Waals surface area contributed by atoms with E-state index in [9.17, 15) is 19.2 Å². The van der Waals surface area contributed by atoms with Crippen molar-refractivity contribution >= 4 is 23.9 Å². The quantitative estimate of drug-likeness (QED) is 0.188. The molecule has 10 nitrogen and oxygen atoms in total. The van der Waals surface area contributed by atoms with E-state index in [1.54, 1.807) is 19.9 Å². The Morgan fingerprint density at radius 3 is 2.29 bits per heavy atom. The Bertz CT molecular complexity index is 1410. The molecule has 2 saturated heterocycles. The summed E-state index contributed by atoms with van der Waals surface area (Å²) in [5.74, 6) is -2.21. The van der Waals surface area contributed by atoms with Crippen LogP contribution in [-0.4, -0.2) is 74.2 Å². The summed E-state index contributed by atoms with van der Waals surface area (Å²) in [5, 5.41) is 0. The molecule has 11 atom stereocenters. The molecule has 6 rings (SSSR count). The summed E-state index contributed by atoms with van der Waals surface area (Å²) in [7, 11) is 0. The molecule has 0 unspecified atom stereocenters. The van der Waals surface area contributed by atoms with Gasteiger partial charge in [-0.3, -0.25) is 9.59 Å². The molecule has 4 fully saturated rings. The van der Waals surface area contributed by atoms with E-state index in [2.05, 4.69) is 27.7 Å². The van der Waals surface area contributed by atoms with E-state index in [1.165, 1.54) is 13.8 Å². The first-order chi connectivity index (χ1) is 21.2. The fraction of sp³-hybridized carbons (Fsp3) is 0.714. The van der Waals surface area contributed by atoms with Gasteiger partial charge in [-0.05, 0) is 51.2 Å². The molecule has 6 aliphatic rings. The van der Waals surface area contributed by atoms with Crippen molar-refractivity contribution in [3.8, 4) is 0 Å². The fourth-order valence-corrected chi connectivity index (χ4v) is 10.4. The van der Waals surface area contributed by atoms with Gasteiger partial charge in [0.15, 0.2) is 0 Å². The van der Waals surface area contributed by atoms with Gasteiger partial charge in [0.2, 0.25) is 0 Å². The van der Waals surface area contributed by atoms with Crippen LogP contribution in [0.2, 0.25) is 0 Å². The smallest absolute Gasteiger partial charge is 0.334 e. The minimum absolute atomic E-state index is 0.183. The molecule has 0 aromatic heterocycles. The second-order valence-electron chi connectivity index (χ2n) is 14.5. The molecule has 0 N–H and O–H groups in total. The van der Waals surface area contributed by atoms with Gasteiger partial charge in [-0.15, -0.1) is 0 Å². The molecule has 45 heavy (non-hydrogen) atoms. The van der Waals surface area contributed by atoms with Crippen LogP contribution >= 0.6 is 0 Å². The monoisotopic (exact) mass is 626 g/mol. The summed E-state index contributed by atoms with van der Waals surface area (Å²) >= 11 is 0. The van der Waals surface area contributed by atoms with Crippen LogP contribution in [0.5, 0.6) is 0 Å². The molecule has 3 heterocycles. The van der Waals surface area contributed by atoms with Gasteiger partial charge in [0.1, 0.15) is 24.9 Å². The van der Waals surface area contributed by atoms with Crippen LogP contribution in [0.25, 0.3) is 0 Å². The molecule has 0 aromatic carbocycles. The number of carbonyl (C=O) groups excluding carboxylic acids is 4. The topological polar surface area (TPSA) is 124 Å². The SMILES string of the molecule is CC=C(C)C(=O)O[C@@H]1[C@@H]2OC[C@]3(C)[C@H](OC(C)=O)C[C@H](OC(C)=O)[C@@](C)([C@@H]23)[C@H]2CCO[C@H]3C[C@@H](C4=CCOC4=O)C(C)=C3[C@]12C. The van der Waals surface area contributed by atoms with Crippen molar-refractivity contribution in [1.82, 2.24) is 0 Å². The first-order valence-corrected chi connectivity index (χ1v) is 16.2. The zero-order valence-corrected chi connectivity index (χ0v) is 27.6. The average Bonchev–Trinajstić information content (AvgIpc) is 3.62. The second-order valence-corrected chi connectivity index (χ2v) is 14.5. The average molecular weight is 627 g/mol. The summed E-state index contributed by atoms with van der Waals surface area (Å²) in [6.07, 6.45) is 2.36. The van der Waals surface area contributed by atoms with Crippen LogP contribution in [0.4, 0.5) is 0 Å². The third-order valence-electron chi connectivity index (χ3n) is 12.3. The maximum Gasteiger partial charge on any atom is 0.334 e. The summed E-state index contributed by atoms with van der Waals surface area (Å²) in [5.41, 5.74) is 1.06. The van der Waals surface area contributed by atoms with Crippen molar-refractivity contribution in [2.45, 2.75) is 105 Å². The Balaban J connectivity index is 1.58. The number of ether oxygens (including phenoxy) is 6. The summed E-state index contributed by atoms with van der Waals surface area (Å²) in [6, 6.07) is 0. The second kappa shape index (κ2) is 11.1. The highest BCUT2D eigenvalue weighted by Gasteiger charge is 2.77. The minimum atomic E-state index is -0.805. The van der Waals surface area contributed by atoms with Crippen molar-refractivity contribution in [2.24, 2.45) is 34.0 Å². The van der Waals surface area contributed by atoms with Gasteiger partial charge in [0, 0.05) is 66.1 Å². The van der Waals surface area contributed by atoms with Gasteiger partial charge < -0.3 is 28.4 Å². The lowest BCUT2D eigenvalue weighted by Crippen LogP contribution is -2.72. The van der Waals surface area contributed by atoms with Crippen molar-refractivity contribution in [3.05, 3.63) is 34.4 Å². The minimum Gasteiger partial charge on any atom is -0.462 e. The number of fused-ring (bicyclic) bond motifs is 4. The molecular formula is C35H46O10. The molecule has 0 spiro atoms. The van der Waals surface area contributed by atoms with E-state index in [1.807, 2.05) is 6.08 Å². The molecule has 246 valence electrons. The Labute approximate surface area is 264 Å². The van der Waals surface area contributed by atoms with Crippen LogP contribution in [0.1, 0.15) is 74.7 Å². The number of hydrogen-bond donors (Lipinski definition) is 0. The van der Waals surface area contributed by atoms with Gasteiger partial charge >= 0.3 is 23.9 Å². The van der Waals surface area contributed by atoms with E-state index in [-0.39, 0.29) is 36.4 Å². The maximum atomic E-state index is 13.6. The Morgan fingerprint density at radius 1 is 0.978 bits per heavy atom. The van der Waals surface area contributed by atoms with Crippen LogP contribution in [0.3, 0.4) is 0 Å². The summed E-state index contributed by atoms with van der Waals surface area (Å²) < 4.78 is 37.3. The van der Waals surface area contributed by atoms with E-state index in [4.69, 9.17) is 28.4 Å². The number of carbonyl (C=O) groups is 4. The zero-order valence-electron chi connectivity index (χ0n) is 27.6. The van der Waals surface area contributed by atoms with Crippen molar-refractivity contribution in [2.75, 3.05) is 19.8 Å². The molecule has 0 amide bonds. The standard InChI is InChI=1S/C35H46O10/c1-9-17(2)31(38)45-30-28-29-33(6,16-42-28)25(43-19(4)36)15-26(44-20(5)37)34(29,7)24-11-13-40-23-14-22(21-10-12-41-32(21)39)18(3)27(23)35(24,30)8/h9-10,22-26,28-30H,11-16H2,1-8H3/t22-,23+,24-,25-,26+,28-,29+,30-,33-,34+,35-/m1/s1. The lowest BCUT2D eigenvalue weighted by Gasteiger charge is -2.66. The highest BCUT2D eigenvalue weighted by molar-refractivity contribution is 5.92. The van der Waals surface area contributed by atoms with Crippen LogP contribution in [-0.2, 0) is 47.6 Å². The first-order valence-electron chi connectivity index (χ1n) is 16.2. The molecule has 0 bridgehead atoms. The molecule has 2 saturated carbocycles. The highest BCUT2D eigenvalue weighted by atomic mass is 16.6. The van der Waals surface area contributed by atoms with Crippen molar-refractivity contribution in [3.63, 3.8) is 0 Å². The van der Waals surface area contributed by atoms with Crippen LogP contribution in [0, 0.1) is 34.0 Å². The van der Waals surface area contributed by atoms with E-state index in [0.29, 0.717) is 43.6 Å². The van der Waals surface area contributed by atoms with Gasteiger partial charge in [-0.2, -0.15) is 0 Å². The number of rotatable bonds is 5. The van der Waals surface area contributed by atoms with E-state index >= 15 is 0 Å². The number of cyclic esters (lactones) is 1. The third kappa shape index (κ3) is 4.56. The zero-order chi connectivity index (χ0) is 32.6. The molecule has 0 aromatic rings. The summed E-state index contributed by atoms with van der Waals surface area (Å²) in [4.78, 5) is 51.4. The van der Waals surface area contributed by atoms with Crippen LogP contribution in [0.15, 0.2) is 34.4 Å². The van der Waals surface area contributed by atoms with Crippen LogP contribution < -0.4 is 0 Å². The number of allylic oxidation sites excluding steroid dienone is 2. The number of esters is 4. The molecule has 3 aliphatic carbocycles. The summed E-state index contributed by atoms with van der Waals surface area (Å²) in [6.45, 7) is 15.8. The molecular weight excluding hydrogens is 580 g/mol. The Kier molecular flexibility index (Phi) is 7.87. The van der Waals surface area contributed by atoms with Crippen molar-refractivity contribution in [1.29, 1.82) is 0 Å².